The SMILES string of the molecule is CCCCCC/C=C/CCCCCCCC(=O)OC(C)C(C)OC(=O)CCCCCCC/C=C/CCCCCC. The van der Waals surface area contributed by atoms with E-state index in [1.165, 1.54) is 103 Å². The van der Waals surface area contributed by atoms with Gasteiger partial charge in [-0.05, 0) is 78.1 Å². The smallest absolute Gasteiger partial charge is 0.306 e. The van der Waals surface area contributed by atoms with Gasteiger partial charge in [0.1, 0.15) is 12.2 Å². The minimum Gasteiger partial charge on any atom is -0.459 e. The van der Waals surface area contributed by atoms with E-state index in [0.717, 1.165) is 38.5 Å². The number of hydrogen-bond donors (Lipinski definition) is 0. The minimum atomic E-state index is -0.412. The number of esters is 2. The lowest BCUT2D eigenvalue weighted by Gasteiger charge is -2.21. The lowest BCUT2D eigenvalue weighted by atomic mass is 10.1. The highest BCUT2D eigenvalue weighted by molar-refractivity contribution is 5.70. The van der Waals surface area contributed by atoms with Gasteiger partial charge in [-0.2, -0.15) is 0 Å². The topological polar surface area (TPSA) is 52.6 Å². The van der Waals surface area contributed by atoms with Crippen molar-refractivity contribution in [1.29, 1.82) is 0 Å². The third-order valence-electron chi connectivity index (χ3n) is 7.58. The predicted octanol–water partition coefficient (Wildman–Crippen LogP) is 11.4. The Labute approximate surface area is 249 Å². The first-order valence-electron chi connectivity index (χ1n) is 17.2. The van der Waals surface area contributed by atoms with Gasteiger partial charge < -0.3 is 9.47 Å². The standard InChI is InChI=1S/C36H66O4/c1-5-7-9-11-13-15-17-19-21-23-25-27-29-31-35(37)39-33(3)34(4)40-36(38)32-30-28-26-24-22-20-18-16-14-12-10-8-6-2/h15-18,33-34H,5-14,19-32H2,1-4H3/b17-15+,18-16+. The fourth-order valence-electron chi connectivity index (χ4n) is 4.70. The maximum atomic E-state index is 12.2. The van der Waals surface area contributed by atoms with Crippen LogP contribution < -0.4 is 0 Å². The van der Waals surface area contributed by atoms with Gasteiger partial charge in [0.05, 0.1) is 0 Å². The number of ether oxygens (including phenoxy) is 2. The maximum Gasteiger partial charge on any atom is 0.306 e. The highest BCUT2D eigenvalue weighted by atomic mass is 16.6. The van der Waals surface area contributed by atoms with Crippen molar-refractivity contribution < 1.29 is 19.1 Å². The molecule has 0 aromatic rings. The summed E-state index contributed by atoms with van der Waals surface area (Å²) in [5.74, 6) is -0.375. The Kier molecular flexibility index (Phi) is 29.2. The van der Waals surface area contributed by atoms with Crippen LogP contribution in [0.3, 0.4) is 0 Å². The first-order valence-corrected chi connectivity index (χ1v) is 17.2. The Bertz CT molecular complexity index is 570. The van der Waals surface area contributed by atoms with Crippen molar-refractivity contribution in [3.05, 3.63) is 24.3 Å². The van der Waals surface area contributed by atoms with Gasteiger partial charge in [0, 0.05) is 12.8 Å². The average molecular weight is 563 g/mol. The molecule has 2 atom stereocenters. The molecule has 0 spiro atoms. The molecule has 0 N–H and O–H groups in total. The zero-order valence-corrected chi connectivity index (χ0v) is 27.1. The second kappa shape index (κ2) is 30.4. The fourth-order valence-corrected chi connectivity index (χ4v) is 4.70. The zero-order chi connectivity index (χ0) is 29.5. The predicted molar refractivity (Wildman–Crippen MR) is 172 cm³/mol. The average Bonchev–Trinajstić information content (AvgIpc) is 2.93. The van der Waals surface area contributed by atoms with Crippen LogP contribution in [0.1, 0.15) is 182 Å². The normalized spacial score (nSPS) is 13.2. The van der Waals surface area contributed by atoms with Gasteiger partial charge >= 0.3 is 11.9 Å². The summed E-state index contributed by atoms with van der Waals surface area (Å²) < 4.78 is 11.0. The van der Waals surface area contributed by atoms with Crippen LogP contribution in [0.15, 0.2) is 24.3 Å². The summed E-state index contributed by atoms with van der Waals surface area (Å²) in [4.78, 5) is 24.4. The summed E-state index contributed by atoms with van der Waals surface area (Å²) in [7, 11) is 0. The quantitative estimate of drug-likeness (QED) is 0.0517. The first kappa shape index (κ1) is 38.4. The summed E-state index contributed by atoms with van der Waals surface area (Å²) in [5.41, 5.74) is 0. The number of carbonyl (C=O) groups is 2. The van der Waals surface area contributed by atoms with Crippen molar-refractivity contribution in [3.8, 4) is 0 Å². The van der Waals surface area contributed by atoms with Gasteiger partial charge in [-0.3, -0.25) is 9.59 Å². The van der Waals surface area contributed by atoms with E-state index in [0.29, 0.717) is 12.8 Å². The van der Waals surface area contributed by atoms with E-state index in [1.807, 2.05) is 13.8 Å². The van der Waals surface area contributed by atoms with Crippen molar-refractivity contribution in [2.24, 2.45) is 0 Å². The largest absolute Gasteiger partial charge is 0.459 e. The molecule has 4 nitrogen and oxygen atoms in total. The van der Waals surface area contributed by atoms with Crippen LogP contribution in [-0.2, 0) is 19.1 Å². The molecule has 40 heavy (non-hydrogen) atoms. The van der Waals surface area contributed by atoms with Crippen molar-refractivity contribution >= 4 is 11.9 Å². The van der Waals surface area contributed by atoms with Crippen LogP contribution in [0.5, 0.6) is 0 Å². The van der Waals surface area contributed by atoms with Crippen LogP contribution in [-0.4, -0.2) is 24.1 Å². The maximum absolute atomic E-state index is 12.2. The van der Waals surface area contributed by atoms with Gasteiger partial charge in [0.2, 0.25) is 0 Å². The summed E-state index contributed by atoms with van der Waals surface area (Å²) in [6.45, 7) is 8.12. The Morgan fingerprint density at radius 3 is 1.05 bits per heavy atom. The van der Waals surface area contributed by atoms with Crippen molar-refractivity contribution in [1.82, 2.24) is 0 Å². The van der Waals surface area contributed by atoms with Gasteiger partial charge in [-0.15, -0.1) is 0 Å². The van der Waals surface area contributed by atoms with Crippen LogP contribution in [0.25, 0.3) is 0 Å². The molecule has 4 heteroatoms. The number of unbranched alkanes of at least 4 members (excludes halogenated alkanes) is 18. The lowest BCUT2D eigenvalue weighted by Crippen LogP contribution is -2.30. The molecule has 0 aromatic heterocycles. The van der Waals surface area contributed by atoms with E-state index < -0.39 is 12.2 Å². The Balaban J connectivity index is 3.63. The third-order valence-corrected chi connectivity index (χ3v) is 7.58. The molecule has 234 valence electrons. The van der Waals surface area contributed by atoms with Crippen molar-refractivity contribution in [2.45, 2.75) is 194 Å². The molecule has 0 aliphatic rings. The molecule has 0 radical (unpaired) electrons. The number of rotatable bonds is 29. The third kappa shape index (κ3) is 28.0. The minimum absolute atomic E-state index is 0.187. The first-order chi connectivity index (χ1) is 19.5. The summed E-state index contributed by atoms with van der Waals surface area (Å²) >= 11 is 0. The molecule has 2 unspecified atom stereocenters. The number of hydrogen-bond acceptors (Lipinski definition) is 4. The van der Waals surface area contributed by atoms with E-state index in [9.17, 15) is 9.59 Å². The van der Waals surface area contributed by atoms with Crippen LogP contribution in [0.4, 0.5) is 0 Å². The van der Waals surface area contributed by atoms with Gasteiger partial charge in [-0.1, -0.05) is 115 Å². The zero-order valence-electron chi connectivity index (χ0n) is 27.1. The monoisotopic (exact) mass is 562 g/mol. The molecule has 0 aliphatic carbocycles. The summed E-state index contributed by atoms with van der Waals surface area (Å²) in [6, 6.07) is 0. The fraction of sp³-hybridized carbons (Fsp3) is 0.833. The molecule has 0 saturated carbocycles. The lowest BCUT2D eigenvalue weighted by molar-refractivity contribution is -0.165. The van der Waals surface area contributed by atoms with E-state index in [2.05, 4.69) is 38.2 Å². The Morgan fingerprint density at radius 2 is 0.725 bits per heavy atom. The molecule has 0 saturated heterocycles. The van der Waals surface area contributed by atoms with E-state index >= 15 is 0 Å². The molecular formula is C36H66O4. The van der Waals surface area contributed by atoms with E-state index in [1.54, 1.807) is 0 Å². The van der Waals surface area contributed by atoms with Crippen molar-refractivity contribution in [2.75, 3.05) is 0 Å². The molecular weight excluding hydrogens is 496 g/mol. The Hall–Kier alpha value is -1.58. The van der Waals surface area contributed by atoms with Gasteiger partial charge in [-0.25, -0.2) is 0 Å². The van der Waals surface area contributed by atoms with E-state index in [-0.39, 0.29) is 11.9 Å². The molecule has 0 bridgehead atoms. The molecule has 0 heterocycles. The highest BCUT2D eigenvalue weighted by Crippen LogP contribution is 2.13. The molecule has 0 rings (SSSR count). The van der Waals surface area contributed by atoms with Crippen molar-refractivity contribution in [3.63, 3.8) is 0 Å². The van der Waals surface area contributed by atoms with Crippen LogP contribution in [0.2, 0.25) is 0 Å². The summed E-state index contributed by atoms with van der Waals surface area (Å²) in [6.07, 6.45) is 35.9. The van der Waals surface area contributed by atoms with Gasteiger partial charge in [0.25, 0.3) is 0 Å². The molecule has 0 aromatic carbocycles. The number of carbonyl (C=O) groups excluding carboxylic acids is 2. The second-order valence-corrected chi connectivity index (χ2v) is 11.6. The second-order valence-electron chi connectivity index (χ2n) is 11.6. The van der Waals surface area contributed by atoms with Gasteiger partial charge in [0.15, 0.2) is 0 Å². The number of allylic oxidation sites excluding steroid dienone is 4. The Morgan fingerprint density at radius 1 is 0.450 bits per heavy atom. The molecule has 0 aliphatic heterocycles. The molecule has 0 fully saturated rings. The highest BCUT2D eigenvalue weighted by Gasteiger charge is 2.20. The van der Waals surface area contributed by atoms with Crippen LogP contribution in [0, 0.1) is 0 Å². The van der Waals surface area contributed by atoms with E-state index in [4.69, 9.17) is 9.47 Å². The van der Waals surface area contributed by atoms with Crippen LogP contribution >= 0.6 is 0 Å². The summed E-state index contributed by atoms with van der Waals surface area (Å²) in [5, 5.41) is 0. The molecule has 0 amide bonds.